The summed E-state index contributed by atoms with van der Waals surface area (Å²) in [5, 5.41) is 0. The summed E-state index contributed by atoms with van der Waals surface area (Å²) in [5.41, 5.74) is 6.74. The van der Waals surface area contributed by atoms with Crippen molar-refractivity contribution in [1.29, 1.82) is 0 Å². The zero-order chi connectivity index (χ0) is 16.1. The second kappa shape index (κ2) is 12.1. The molecule has 0 spiro atoms. The molecule has 0 N–H and O–H groups in total. The molecule has 0 saturated carbocycles. The second-order valence-electron chi connectivity index (χ2n) is 5.17. The first-order valence-corrected chi connectivity index (χ1v) is 12.0. The molecule has 0 bridgehead atoms. The van der Waals surface area contributed by atoms with Gasteiger partial charge in [0.05, 0.1) is 0 Å². The molecule has 0 fully saturated rings. The van der Waals surface area contributed by atoms with E-state index in [4.69, 9.17) is 0 Å². The van der Waals surface area contributed by atoms with Gasteiger partial charge in [0.2, 0.25) is 0 Å². The summed E-state index contributed by atoms with van der Waals surface area (Å²) in [5.74, 6) is 0. The van der Waals surface area contributed by atoms with Gasteiger partial charge >= 0.3 is 31.5 Å². The fraction of sp³-hybridized carbons (Fsp3) is 0.222. The van der Waals surface area contributed by atoms with Crippen LogP contribution in [0.3, 0.4) is 0 Å². The standard InChI is InChI=1S/C10H9.C8H6BrS.2ClH.S.Zr/c1-8-6-9-4-2-3-5-10(9)7-8;1-5-2-6-4-8(9)10-7(6)3-5;;;;/h2-4,7H,6H2,1H3;2-3,8H,1H3;2*1H;;/q2*-1;;;;+2/p-2. The van der Waals surface area contributed by atoms with Gasteiger partial charge in [-0.05, 0) is 6.42 Å². The predicted octanol–water partition coefficient (Wildman–Crippen LogP) is 0.127. The first kappa shape index (κ1) is 24.7. The number of halogens is 3. The molecule has 2 aliphatic carbocycles. The van der Waals surface area contributed by atoms with Gasteiger partial charge in [-0.2, -0.15) is 29.5 Å². The molecule has 4 rings (SSSR count). The molecule has 0 nitrogen and oxygen atoms in total. The fourth-order valence-corrected chi connectivity index (χ4v) is 4.23. The number of thioether (sulfide) groups is 1. The summed E-state index contributed by atoms with van der Waals surface area (Å²) in [6, 6.07) is 9.38. The number of hydrogen-bond acceptors (Lipinski definition) is 2. The summed E-state index contributed by atoms with van der Waals surface area (Å²) in [4.78, 5) is 1.36. The van der Waals surface area contributed by atoms with E-state index in [-0.39, 0.29) is 24.8 Å². The van der Waals surface area contributed by atoms with E-state index in [0.717, 1.165) is 29.1 Å². The molecule has 1 aromatic carbocycles. The van der Waals surface area contributed by atoms with Crippen LogP contribution in [0.2, 0.25) is 0 Å². The topological polar surface area (TPSA) is 0 Å². The molecule has 0 aromatic heterocycles. The van der Waals surface area contributed by atoms with Gasteiger partial charge in [0.25, 0.3) is 0 Å². The van der Waals surface area contributed by atoms with Gasteiger partial charge in [-0.1, -0.05) is 34.7 Å². The monoisotopic (exact) mass is 534 g/mol. The van der Waals surface area contributed by atoms with Crippen LogP contribution >= 0.6 is 36.5 Å². The fourth-order valence-electron chi connectivity index (χ4n) is 2.47. The molecule has 1 unspecified atom stereocenters. The summed E-state index contributed by atoms with van der Waals surface area (Å²) in [6.07, 6.45) is 11.0. The Morgan fingerprint density at radius 2 is 1.92 bits per heavy atom. The minimum atomic E-state index is 0. The Kier molecular flexibility index (Phi) is 12.5. The van der Waals surface area contributed by atoms with Crippen LogP contribution in [0.15, 0.2) is 52.0 Å². The Balaban J connectivity index is 0.000000372. The number of hydrogen-bond donors (Lipinski definition) is 0. The molecule has 1 aliphatic heterocycles. The van der Waals surface area contributed by atoms with Gasteiger partial charge in [-0.25, -0.2) is 0 Å². The maximum atomic E-state index is 4.17. The van der Waals surface area contributed by atoms with Gasteiger partial charge in [0, 0.05) is 4.16 Å². The van der Waals surface area contributed by atoms with Crippen molar-refractivity contribution in [2.75, 3.05) is 0 Å². The molecule has 1 heterocycles. The summed E-state index contributed by atoms with van der Waals surface area (Å²) >= 11 is 6.43. The predicted molar refractivity (Wildman–Crippen MR) is 99.1 cm³/mol. The van der Waals surface area contributed by atoms with Gasteiger partial charge in [0.15, 0.2) is 0 Å². The Morgan fingerprint density at radius 1 is 1.21 bits per heavy atom. The number of benzene rings is 1. The third-order valence-corrected chi connectivity index (χ3v) is 5.04. The van der Waals surface area contributed by atoms with Gasteiger partial charge in [-0.15, -0.1) is 58.7 Å². The Hall–Kier alpha value is 0.693. The van der Waals surface area contributed by atoms with Crippen LogP contribution in [0.1, 0.15) is 25.0 Å². The van der Waals surface area contributed by atoms with E-state index in [9.17, 15) is 0 Å². The average Bonchev–Trinajstić information content (AvgIpc) is 3.12. The Labute approximate surface area is 188 Å². The zero-order valence-electron chi connectivity index (χ0n) is 13.2. The van der Waals surface area contributed by atoms with E-state index in [2.05, 4.69) is 75.1 Å². The van der Waals surface area contributed by atoms with Crippen molar-refractivity contribution < 1.29 is 47.5 Å². The maximum absolute atomic E-state index is 4.17. The van der Waals surface area contributed by atoms with Crippen LogP contribution in [0.25, 0.3) is 6.08 Å². The van der Waals surface area contributed by atoms with Crippen LogP contribution < -0.4 is 24.8 Å². The number of alkyl halides is 1. The number of rotatable bonds is 0. The molecule has 1 atom stereocenters. The molecule has 24 heavy (non-hydrogen) atoms. The van der Waals surface area contributed by atoms with E-state index in [1.54, 1.807) is 0 Å². The van der Waals surface area contributed by atoms with Crippen molar-refractivity contribution in [2.24, 2.45) is 0 Å². The molecule has 126 valence electrons. The quantitative estimate of drug-likeness (QED) is 0.341. The van der Waals surface area contributed by atoms with Crippen LogP contribution in [-0.4, -0.2) is 4.16 Å². The van der Waals surface area contributed by atoms with Crippen molar-refractivity contribution in [1.82, 2.24) is 0 Å². The van der Waals surface area contributed by atoms with Gasteiger partial charge in [0.1, 0.15) is 0 Å². The average molecular weight is 537 g/mol. The molecule has 1 aromatic rings. The third kappa shape index (κ3) is 6.78. The van der Waals surface area contributed by atoms with E-state index in [1.165, 1.54) is 32.8 Å². The summed E-state index contributed by atoms with van der Waals surface area (Å²) in [6.45, 7) is 4.28. The van der Waals surface area contributed by atoms with Crippen LogP contribution in [0.5, 0.6) is 0 Å². The van der Waals surface area contributed by atoms with E-state index in [1.807, 2.05) is 23.9 Å². The van der Waals surface area contributed by atoms with Crippen molar-refractivity contribution in [2.45, 2.75) is 24.4 Å². The number of allylic oxidation sites excluding steroid dienone is 5. The molecular formula is C18H15BrCl2S2Zr-2. The first-order chi connectivity index (χ1) is 10.6. The van der Waals surface area contributed by atoms with E-state index in [0.29, 0.717) is 4.16 Å². The van der Waals surface area contributed by atoms with Crippen molar-refractivity contribution in [3.8, 4) is 0 Å². The molecule has 3 aliphatic rings. The van der Waals surface area contributed by atoms with Crippen LogP contribution in [0.4, 0.5) is 0 Å². The van der Waals surface area contributed by atoms with Crippen LogP contribution in [0, 0.1) is 12.1 Å². The van der Waals surface area contributed by atoms with E-state index >= 15 is 0 Å². The Morgan fingerprint density at radius 3 is 2.54 bits per heavy atom. The number of fused-ring (bicyclic) bond motifs is 2. The molecule has 0 radical (unpaired) electrons. The summed E-state index contributed by atoms with van der Waals surface area (Å²) in [7, 11) is 4.17. The third-order valence-electron chi connectivity index (χ3n) is 3.33. The SMILES string of the molecule is CC1=CC2=[C-]C(Br)SC2=C1.CC1=Cc2[c-]cccc2C1.[Cl-].[Cl-].[S]=[Zr+2]. The minimum absolute atomic E-state index is 0. The molecule has 0 saturated heterocycles. The van der Waals surface area contributed by atoms with Gasteiger partial charge in [-0.3, -0.25) is 0 Å². The van der Waals surface area contributed by atoms with E-state index < -0.39 is 0 Å². The van der Waals surface area contributed by atoms with Crippen molar-refractivity contribution in [3.05, 3.63) is 75.2 Å². The molecule has 6 heteroatoms. The van der Waals surface area contributed by atoms with Crippen molar-refractivity contribution in [3.63, 3.8) is 0 Å². The van der Waals surface area contributed by atoms with Crippen LogP contribution in [-0.2, 0) is 29.1 Å². The normalized spacial score (nSPS) is 18.6. The zero-order valence-corrected chi connectivity index (χ0v) is 20.4. The Bertz CT molecular complexity index is 696. The van der Waals surface area contributed by atoms with Crippen molar-refractivity contribution >= 4 is 42.6 Å². The summed E-state index contributed by atoms with van der Waals surface area (Å²) < 4.78 is 0.373. The molecular weight excluding hydrogens is 522 g/mol. The molecule has 0 amide bonds. The van der Waals surface area contributed by atoms with Gasteiger partial charge < -0.3 is 24.8 Å². The second-order valence-corrected chi connectivity index (χ2v) is 7.83. The first-order valence-electron chi connectivity index (χ1n) is 6.83.